The maximum absolute atomic E-state index is 10.7. The van der Waals surface area contributed by atoms with Crippen LogP contribution in [0.4, 0.5) is 0 Å². The van der Waals surface area contributed by atoms with E-state index in [4.69, 9.17) is 5.11 Å². The molecule has 0 amide bonds. The highest BCUT2D eigenvalue weighted by Crippen LogP contribution is 2.38. The average Bonchev–Trinajstić information content (AvgIpc) is 2.89. The quantitative estimate of drug-likeness (QED) is 0.861. The summed E-state index contributed by atoms with van der Waals surface area (Å²) in [6.45, 7) is 0. The molecule has 1 saturated heterocycles. The van der Waals surface area contributed by atoms with Gasteiger partial charge >= 0.3 is 5.97 Å². The number of carboxylic acids is 1. The lowest BCUT2D eigenvalue weighted by atomic mass is 9.97. The summed E-state index contributed by atoms with van der Waals surface area (Å²) < 4.78 is 0. The summed E-state index contributed by atoms with van der Waals surface area (Å²) in [6.07, 6.45) is 3.25. The van der Waals surface area contributed by atoms with E-state index in [0.717, 1.165) is 12.8 Å². The van der Waals surface area contributed by atoms with Gasteiger partial charge < -0.3 is 5.11 Å². The number of thioether (sulfide) groups is 1. The monoisotopic (exact) mass is 252 g/mol. The van der Waals surface area contributed by atoms with Gasteiger partial charge in [0, 0.05) is 23.8 Å². The zero-order valence-corrected chi connectivity index (χ0v) is 10.4. The van der Waals surface area contributed by atoms with Crippen LogP contribution in [0.2, 0.25) is 0 Å². The van der Waals surface area contributed by atoms with Crippen molar-refractivity contribution in [2.45, 2.75) is 31.6 Å². The number of fused-ring (bicyclic) bond motifs is 1. The van der Waals surface area contributed by atoms with E-state index in [9.17, 15) is 4.79 Å². The molecule has 1 fully saturated rings. The van der Waals surface area contributed by atoms with Crippen molar-refractivity contribution < 1.29 is 9.90 Å². The van der Waals surface area contributed by atoms with Crippen molar-refractivity contribution in [3.05, 3.63) is 17.0 Å². The molecule has 1 aromatic rings. The number of nitrogens with one attached hydrogen (secondary N) is 1. The van der Waals surface area contributed by atoms with Crippen LogP contribution in [-0.2, 0) is 17.6 Å². The summed E-state index contributed by atoms with van der Waals surface area (Å²) in [5.41, 5.74) is 3.73. The molecule has 2 unspecified atom stereocenters. The fourth-order valence-electron chi connectivity index (χ4n) is 2.94. The first-order valence-electron chi connectivity index (χ1n) is 6.09. The van der Waals surface area contributed by atoms with E-state index in [1.54, 1.807) is 0 Å². The lowest BCUT2D eigenvalue weighted by Gasteiger charge is -2.08. The van der Waals surface area contributed by atoms with Crippen LogP contribution in [0.5, 0.6) is 0 Å². The van der Waals surface area contributed by atoms with Gasteiger partial charge in [-0.3, -0.25) is 9.89 Å². The van der Waals surface area contributed by atoms with Gasteiger partial charge in [0.15, 0.2) is 0 Å². The van der Waals surface area contributed by atoms with Gasteiger partial charge in [0.25, 0.3) is 0 Å². The molecule has 92 valence electrons. The van der Waals surface area contributed by atoms with E-state index < -0.39 is 5.97 Å². The molecule has 2 aliphatic rings. The fourth-order valence-corrected chi connectivity index (χ4v) is 4.17. The van der Waals surface area contributed by atoms with Gasteiger partial charge in [0.1, 0.15) is 0 Å². The third-order valence-corrected chi connectivity index (χ3v) is 4.91. The molecule has 1 aliphatic carbocycles. The van der Waals surface area contributed by atoms with Gasteiger partial charge in [-0.2, -0.15) is 16.9 Å². The van der Waals surface area contributed by atoms with Crippen LogP contribution in [0.1, 0.15) is 35.7 Å². The topological polar surface area (TPSA) is 66.0 Å². The van der Waals surface area contributed by atoms with Crippen molar-refractivity contribution >= 4 is 17.7 Å². The van der Waals surface area contributed by atoms with Crippen LogP contribution in [0.25, 0.3) is 0 Å². The van der Waals surface area contributed by atoms with Crippen LogP contribution >= 0.6 is 11.8 Å². The first-order chi connectivity index (χ1) is 8.24. The van der Waals surface area contributed by atoms with E-state index in [1.807, 2.05) is 11.8 Å². The maximum atomic E-state index is 10.7. The number of H-pyrrole nitrogens is 1. The van der Waals surface area contributed by atoms with Gasteiger partial charge in [-0.05, 0) is 36.5 Å². The van der Waals surface area contributed by atoms with Crippen LogP contribution < -0.4 is 0 Å². The van der Waals surface area contributed by atoms with E-state index in [-0.39, 0.29) is 12.3 Å². The van der Waals surface area contributed by atoms with Crippen molar-refractivity contribution in [2.24, 2.45) is 5.92 Å². The SMILES string of the molecule is O=C(O)CC1Cc2[nH]nc(C3CCSC3)c2C1. The molecule has 2 heterocycles. The molecule has 5 heteroatoms. The standard InChI is InChI=1S/C12H16N2O2S/c15-11(16)5-7-3-9-10(4-7)13-14-12(9)8-1-2-17-6-8/h7-8H,1-6H2,(H,13,14)(H,15,16). The Morgan fingerprint density at radius 3 is 3.12 bits per heavy atom. The Morgan fingerprint density at radius 1 is 1.53 bits per heavy atom. The lowest BCUT2D eigenvalue weighted by molar-refractivity contribution is -0.138. The molecule has 2 atom stereocenters. The van der Waals surface area contributed by atoms with Crippen molar-refractivity contribution in [2.75, 3.05) is 11.5 Å². The molecule has 0 aromatic carbocycles. The Balaban J connectivity index is 1.76. The van der Waals surface area contributed by atoms with Gasteiger partial charge in [-0.15, -0.1) is 0 Å². The lowest BCUT2D eigenvalue weighted by Crippen LogP contribution is -2.09. The largest absolute Gasteiger partial charge is 0.481 e. The molecular weight excluding hydrogens is 236 g/mol. The van der Waals surface area contributed by atoms with E-state index >= 15 is 0 Å². The molecule has 1 aromatic heterocycles. The molecule has 3 rings (SSSR count). The molecule has 2 N–H and O–H groups in total. The van der Waals surface area contributed by atoms with Crippen molar-refractivity contribution in [3.63, 3.8) is 0 Å². The highest BCUT2D eigenvalue weighted by atomic mass is 32.2. The number of aromatic amines is 1. The van der Waals surface area contributed by atoms with Crippen LogP contribution in [-0.4, -0.2) is 32.8 Å². The second-order valence-electron chi connectivity index (χ2n) is 5.00. The van der Waals surface area contributed by atoms with Crippen molar-refractivity contribution in [1.29, 1.82) is 0 Å². The fraction of sp³-hybridized carbons (Fsp3) is 0.667. The minimum Gasteiger partial charge on any atom is -0.481 e. The van der Waals surface area contributed by atoms with Gasteiger partial charge in [-0.1, -0.05) is 0 Å². The Kier molecular flexibility index (Phi) is 2.86. The summed E-state index contributed by atoms with van der Waals surface area (Å²) >= 11 is 1.99. The number of hydrogen-bond acceptors (Lipinski definition) is 3. The second-order valence-corrected chi connectivity index (χ2v) is 6.15. The number of rotatable bonds is 3. The maximum Gasteiger partial charge on any atom is 0.303 e. The Hall–Kier alpha value is -0.970. The van der Waals surface area contributed by atoms with Crippen LogP contribution in [0, 0.1) is 5.92 Å². The predicted molar refractivity (Wildman–Crippen MR) is 66.4 cm³/mol. The molecule has 0 radical (unpaired) electrons. The molecule has 4 nitrogen and oxygen atoms in total. The molecule has 1 aliphatic heterocycles. The summed E-state index contributed by atoms with van der Waals surface area (Å²) in [5, 5.41) is 16.4. The number of aliphatic carboxylic acids is 1. The summed E-state index contributed by atoms with van der Waals surface area (Å²) in [4.78, 5) is 10.7. The third kappa shape index (κ3) is 2.08. The second kappa shape index (κ2) is 4.37. The third-order valence-electron chi connectivity index (χ3n) is 3.75. The normalized spacial score (nSPS) is 27.3. The Morgan fingerprint density at radius 2 is 2.41 bits per heavy atom. The number of aromatic nitrogens is 2. The van der Waals surface area contributed by atoms with Crippen molar-refractivity contribution in [1.82, 2.24) is 10.2 Å². The van der Waals surface area contributed by atoms with Gasteiger partial charge in [-0.25, -0.2) is 0 Å². The van der Waals surface area contributed by atoms with Crippen molar-refractivity contribution in [3.8, 4) is 0 Å². The zero-order chi connectivity index (χ0) is 11.8. The van der Waals surface area contributed by atoms with E-state index in [2.05, 4.69) is 10.2 Å². The smallest absolute Gasteiger partial charge is 0.303 e. The van der Waals surface area contributed by atoms with Crippen LogP contribution in [0.3, 0.4) is 0 Å². The van der Waals surface area contributed by atoms with Crippen LogP contribution in [0.15, 0.2) is 0 Å². The molecule has 0 spiro atoms. The molecule has 17 heavy (non-hydrogen) atoms. The Labute approximate surface area is 104 Å². The Bertz CT molecular complexity index is 438. The number of carbonyl (C=O) groups is 1. The molecule has 0 saturated carbocycles. The number of carboxylic acid groups (broad SMARTS) is 1. The van der Waals surface area contributed by atoms with Gasteiger partial charge in [0.05, 0.1) is 5.69 Å². The van der Waals surface area contributed by atoms with E-state index in [0.29, 0.717) is 5.92 Å². The predicted octanol–water partition coefficient (Wildman–Crippen LogP) is 1.82. The minimum absolute atomic E-state index is 0.268. The summed E-state index contributed by atoms with van der Waals surface area (Å²) in [7, 11) is 0. The highest BCUT2D eigenvalue weighted by molar-refractivity contribution is 7.99. The highest BCUT2D eigenvalue weighted by Gasteiger charge is 2.31. The van der Waals surface area contributed by atoms with E-state index in [1.165, 1.54) is 34.9 Å². The summed E-state index contributed by atoms with van der Waals surface area (Å²) in [6, 6.07) is 0. The number of nitrogens with zero attached hydrogens (tertiary/aromatic N) is 1. The molecular formula is C12H16N2O2S. The first kappa shape index (κ1) is 11.1. The molecule has 0 bridgehead atoms. The minimum atomic E-state index is -0.689. The number of hydrogen-bond donors (Lipinski definition) is 2. The first-order valence-corrected chi connectivity index (χ1v) is 7.25. The summed E-state index contributed by atoms with van der Waals surface area (Å²) in [5.74, 6) is 2.56. The zero-order valence-electron chi connectivity index (χ0n) is 9.61. The average molecular weight is 252 g/mol. The van der Waals surface area contributed by atoms with Gasteiger partial charge in [0.2, 0.25) is 0 Å².